The van der Waals surface area contributed by atoms with Gasteiger partial charge in [-0.25, -0.2) is 4.39 Å². The fourth-order valence-electron chi connectivity index (χ4n) is 1.66. The Balaban J connectivity index is 3.06. The van der Waals surface area contributed by atoms with Crippen molar-refractivity contribution in [3.63, 3.8) is 0 Å². The van der Waals surface area contributed by atoms with E-state index in [9.17, 15) is 23.5 Å². The molecule has 0 bridgehead atoms. The molecule has 3 N–H and O–H groups in total. The minimum Gasteiger partial charge on any atom is -0.392 e. The molecule has 0 spiro atoms. The number of nitro benzene ring substituents is 1. The van der Waals surface area contributed by atoms with Gasteiger partial charge in [-0.05, 0) is 13.0 Å². The predicted octanol–water partition coefficient (Wildman–Crippen LogP) is 0.813. The van der Waals surface area contributed by atoms with Crippen molar-refractivity contribution in [1.82, 2.24) is 5.32 Å². The molecule has 0 saturated carbocycles. The quantitative estimate of drug-likeness (QED) is 0.474. The van der Waals surface area contributed by atoms with E-state index in [0.717, 1.165) is 12.1 Å². The average Bonchev–Trinajstić information content (AvgIpc) is 2.26. The van der Waals surface area contributed by atoms with E-state index in [1.165, 1.54) is 6.26 Å². The number of nitrogens with zero attached hydrogens (tertiary/aromatic N) is 1. The van der Waals surface area contributed by atoms with Crippen LogP contribution in [0.1, 0.15) is 17.3 Å². The van der Waals surface area contributed by atoms with Gasteiger partial charge in [-0.3, -0.25) is 19.1 Å². The summed E-state index contributed by atoms with van der Waals surface area (Å²) in [4.78, 5) is 21.8. The first-order chi connectivity index (χ1) is 9.23. The Labute approximate surface area is 117 Å². The van der Waals surface area contributed by atoms with E-state index in [0.29, 0.717) is 0 Å². The molecule has 2 unspecified atom stereocenters. The summed E-state index contributed by atoms with van der Waals surface area (Å²) in [6, 6.07) is 1.23. The van der Waals surface area contributed by atoms with Crippen molar-refractivity contribution < 1.29 is 18.3 Å². The Morgan fingerprint density at radius 1 is 1.60 bits per heavy atom. The van der Waals surface area contributed by atoms with E-state index in [4.69, 9.17) is 5.73 Å². The van der Waals surface area contributed by atoms with Crippen molar-refractivity contribution in [3.8, 4) is 0 Å². The van der Waals surface area contributed by atoms with E-state index in [1.54, 1.807) is 6.92 Å². The highest BCUT2D eigenvalue weighted by Gasteiger charge is 2.24. The van der Waals surface area contributed by atoms with Crippen LogP contribution in [0.15, 0.2) is 12.1 Å². The topological polar surface area (TPSA) is 115 Å². The van der Waals surface area contributed by atoms with Crippen LogP contribution in [-0.4, -0.2) is 33.1 Å². The van der Waals surface area contributed by atoms with Gasteiger partial charge in [-0.15, -0.1) is 0 Å². The molecule has 7 nitrogen and oxygen atoms in total. The molecule has 0 aliphatic heterocycles. The van der Waals surface area contributed by atoms with Crippen LogP contribution in [-0.2, 0) is 10.8 Å². The monoisotopic (exact) mass is 303 g/mol. The standard InChI is InChI=1S/C11H14FN3O4S/c1-6(5-20(2)19)14-11(16)9-7(12)3-4-8(10(9)13)15(17)18/h3-4,6H,5,13H2,1-2H3,(H,14,16). The lowest BCUT2D eigenvalue weighted by molar-refractivity contribution is -0.384. The SMILES string of the molecule is CC(CS(C)=O)NC(=O)c1c(F)ccc([N+](=O)[O-])c1N. The van der Waals surface area contributed by atoms with E-state index >= 15 is 0 Å². The summed E-state index contributed by atoms with van der Waals surface area (Å²) in [6.07, 6.45) is 1.46. The lowest BCUT2D eigenvalue weighted by Crippen LogP contribution is -2.37. The second kappa shape index (κ2) is 6.42. The molecular formula is C11H14FN3O4S. The van der Waals surface area contributed by atoms with E-state index in [2.05, 4.69) is 5.32 Å². The van der Waals surface area contributed by atoms with Crippen LogP contribution in [0.25, 0.3) is 0 Å². The third kappa shape index (κ3) is 3.73. The largest absolute Gasteiger partial charge is 0.392 e. The molecule has 0 aliphatic rings. The molecule has 0 aromatic heterocycles. The first kappa shape index (κ1) is 16.0. The Kier molecular flexibility index (Phi) is 5.14. The van der Waals surface area contributed by atoms with Crippen molar-refractivity contribution in [2.75, 3.05) is 17.7 Å². The summed E-state index contributed by atoms with van der Waals surface area (Å²) in [7, 11) is -1.14. The van der Waals surface area contributed by atoms with Gasteiger partial charge in [0.25, 0.3) is 11.6 Å². The lowest BCUT2D eigenvalue weighted by Gasteiger charge is -2.14. The number of anilines is 1. The Hall–Kier alpha value is -2.03. The zero-order chi connectivity index (χ0) is 15.4. The van der Waals surface area contributed by atoms with Crippen molar-refractivity contribution >= 4 is 28.1 Å². The minimum absolute atomic E-state index is 0.183. The van der Waals surface area contributed by atoms with Crippen LogP contribution < -0.4 is 11.1 Å². The van der Waals surface area contributed by atoms with Crippen molar-refractivity contribution in [1.29, 1.82) is 0 Å². The van der Waals surface area contributed by atoms with Crippen molar-refractivity contribution in [3.05, 3.63) is 33.6 Å². The molecule has 1 aromatic carbocycles. The van der Waals surface area contributed by atoms with Crippen LogP contribution in [0, 0.1) is 15.9 Å². The molecule has 9 heteroatoms. The van der Waals surface area contributed by atoms with Crippen LogP contribution >= 0.6 is 0 Å². The average molecular weight is 303 g/mol. The van der Waals surface area contributed by atoms with Crippen LogP contribution in [0.2, 0.25) is 0 Å². The number of benzene rings is 1. The molecule has 1 amide bonds. The van der Waals surface area contributed by atoms with Gasteiger partial charge in [0.15, 0.2) is 0 Å². The summed E-state index contributed by atoms with van der Waals surface area (Å²) in [5.74, 6) is -1.64. The number of nitrogens with two attached hydrogens (primary N) is 1. The fourth-order valence-corrected chi connectivity index (χ4v) is 2.45. The van der Waals surface area contributed by atoms with E-state index in [1.807, 2.05) is 0 Å². The number of halogens is 1. The highest BCUT2D eigenvalue weighted by molar-refractivity contribution is 7.84. The van der Waals surface area contributed by atoms with Crippen LogP contribution in [0.5, 0.6) is 0 Å². The summed E-state index contributed by atoms with van der Waals surface area (Å²) < 4.78 is 24.7. The first-order valence-corrected chi connectivity index (χ1v) is 7.30. The van der Waals surface area contributed by atoms with Gasteiger partial charge in [0.1, 0.15) is 17.1 Å². The maximum atomic E-state index is 13.6. The smallest absolute Gasteiger partial charge is 0.293 e. The Morgan fingerprint density at radius 2 is 2.20 bits per heavy atom. The summed E-state index contributed by atoms with van der Waals surface area (Å²) in [5, 5.41) is 13.1. The molecule has 2 atom stereocenters. The number of hydrogen-bond acceptors (Lipinski definition) is 5. The van der Waals surface area contributed by atoms with E-state index in [-0.39, 0.29) is 5.75 Å². The van der Waals surface area contributed by atoms with Crippen LogP contribution in [0.3, 0.4) is 0 Å². The highest BCUT2D eigenvalue weighted by Crippen LogP contribution is 2.27. The fraction of sp³-hybridized carbons (Fsp3) is 0.364. The van der Waals surface area contributed by atoms with Gasteiger partial charge in [0.05, 0.1) is 4.92 Å². The molecule has 1 rings (SSSR count). The summed E-state index contributed by atoms with van der Waals surface area (Å²) in [5.41, 5.74) is 3.82. The molecule has 0 radical (unpaired) electrons. The maximum absolute atomic E-state index is 13.6. The van der Waals surface area contributed by atoms with Gasteiger partial charge in [-0.1, -0.05) is 0 Å². The number of nitrogens with one attached hydrogen (secondary N) is 1. The first-order valence-electron chi connectivity index (χ1n) is 5.57. The normalized spacial score (nSPS) is 13.6. The number of carbonyl (C=O) groups is 1. The third-order valence-electron chi connectivity index (χ3n) is 2.46. The van der Waals surface area contributed by atoms with Gasteiger partial charge in [0, 0.05) is 34.9 Å². The zero-order valence-corrected chi connectivity index (χ0v) is 11.7. The lowest BCUT2D eigenvalue weighted by atomic mass is 10.1. The number of carbonyl (C=O) groups excluding carboxylic acids is 1. The van der Waals surface area contributed by atoms with Gasteiger partial charge in [-0.2, -0.15) is 0 Å². The zero-order valence-electron chi connectivity index (χ0n) is 10.9. The Bertz CT molecular complexity index is 579. The van der Waals surface area contributed by atoms with Crippen molar-refractivity contribution in [2.45, 2.75) is 13.0 Å². The third-order valence-corrected chi connectivity index (χ3v) is 3.43. The molecule has 0 saturated heterocycles. The van der Waals surface area contributed by atoms with Gasteiger partial charge in [0.2, 0.25) is 0 Å². The second-order valence-corrected chi connectivity index (χ2v) is 5.71. The molecule has 20 heavy (non-hydrogen) atoms. The Morgan fingerprint density at radius 3 is 2.70 bits per heavy atom. The predicted molar refractivity (Wildman–Crippen MR) is 73.3 cm³/mol. The van der Waals surface area contributed by atoms with E-state index < -0.39 is 50.4 Å². The van der Waals surface area contributed by atoms with Crippen LogP contribution in [0.4, 0.5) is 15.8 Å². The number of hydrogen-bond donors (Lipinski definition) is 2. The highest BCUT2D eigenvalue weighted by atomic mass is 32.2. The van der Waals surface area contributed by atoms with Crippen molar-refractivity contribution in [2.24, 2.45) is 0 Å². The maximum Gasteiger partial charge on any atom is 0.293 e. The second-order valence-electron chi connectivity index (χ2n) is 4.23. The molecule has 0 aliphatic carbocycles. The number of rotatable bonds is 5. The summed E-state index contributed by atoms with van der Waals surface area (Å²) >= 11 is 0. The number of amides is 1. The summed E-state index contributed by atoms with van der Waals surface area (Å²) in [6.45, 7) is 1.59. The molecule has 0 heterocycles. The number of nitro groups is 1. The van der Waals surface area contributed by atoms with Gasteiger partial charge >= 0.3 is 0 Å². The van der Waals surface area contributed by atoms with Gasteiger partial charge < -0.3 is 11.1 Å². The molecule has 110 valence electrons. The molecule has 0 fully saturated rings. The number of nitrogen functional groups attached to an aromatic ring is 1. The molecule has 1 aromatic rings. The molecular weight excluding hydrogens is 289 g/mol. The minimum atomic E-state index is -1.14.